The summed E-state index contributed by atoms with van der Waals surface area (Å²) in [5, 5.41) is 41.3. The van der Waals surface area contributed by atoms with Crippen LogP contribution in [0.1, 0.15) is 66.0 Å². The smallest absolute Gasteiger partial charge is 0.330 e. The molecule has 1 aromatic rings. The van der Waals surface area contributed by atoms with Gasteiger partial charge in [0.15, 0.2) is 17.2 Å². The maximum absolute atomic E-state index is 13.9. The molecule has 1 aliphatic rings. The fourth-order valence-electron chi connectivity index (χ4n) is 4.03. The second kappa shape index (κ2) is 10.6. The molecule has 2 rings (SSSR count). The predicted molar refractivity (Wildman–Crippen MR) is 122 cm³/mol. The molecule has 3 unspecified atom stereocenters. The second-order valence-corrected chi connectivity index (χ2v) is 9.91. The molecule has 1 aromatic heterocycles. The topological polar surface area (TPSA) is 213 Å². The first-order valence-corrected chi connectivity index (χ1v) is 11.6. The first-order chi connectivity index (χ1) is 17.0. The van der Waals surface area contributed by atoms with Gasteiger partial charge in [0.05, 0.1) is 17.0 Å². The quantitative estimate of drug-likeness (QED) is 0.242. The number of aliphatic hydroxyl groups excluding tert-OH is 1. The van der Waals surface area contributed by atoms with Gasteiger partial charge in [-0.2, -0.15) is 4.39 Å². The molecule has 1 aliphatic heterocycles. The van der Waals surface area contributed by atoms with Gasteiger partial charge in [-0.05, 0) is 26.7 Å². The molecule has 0 bridgehead atoms. The number of aliphatic carboxylic acids is 2. The summed E-state index contributed by atoms with van der Waals surface area (Å²) in [6, 6.07) is 0. The van der Waals surface area contributed by atoms with E-state index in [1.807, 2.05) is 0 Å². The molecule has 5 N–H and O–H groups in total. The van der Waals surface area contributed by atoms with Crippen molar-refractivity contribution in [2.45, 2.75) is 83.8 Å². The highest BCUT2D eigenvalue weighted by molar-refractivity contribution is 5.95. The van der Waals surface area contributed by atoms with Crippen LogP contribution in [0.25, 0.3) is 0 Å². The number of ketones is 2. The molecule has 0 amide bonds. The van der Waals surface area contributed by atoms with Crippen molar-refractivity contribution in [2.24, 2.45) is 10.8 Å². The average molecular weight is 531 g/mol. The molecular formula is C23H31FN2O11. The van der Waals surface area contributed by atoms with Crippen molar-refractivity contribution < 1.29 is 48.7 Å². The number of hydrogen-bond donors (Lipinski definition) is 5. The monoisotopic (exact) mass is 530 g/mol. The minimum absolute atomic E-state index is 0.00233. The first-order valence-electron chi connectivity index (χ1n) is 11.6. The average Bonchev–Trinajstić information content (AvgIpc) is 3.18. The summed E-state index contributed by atoms with van der Waals surface area (Å²) in [6.07, 6.45) is -7.83. The SMILES string of the molecule is CCC(C)(CC(=O)C(O)[C@H]1O[C@@H](n2cc(F)c(=O)[nH]c2=O)C[C@@]1(O)C(=O)CC(C)(CC)C(=O)O)C(=O)O. The minimum Gasteiger partial charge on any atom is -0.481 e. The fraction of sp³-hybridized carbons (Fsp3) is 0.652. The third-order valence-corrected chi connectivity index (χ3v) is 7.30. The van der Waals surface area contributed by atoms with Crippen LogP contribution in [-0.2, 0) is 23.9 Å². The van der Waals surface area contributed by atoms with Gasteiger partial charge in [0, 0.05) is 19.3 Å². The highest BCUT2D eigenvalue weighted by Crippen LogP contribution is 2.42. The largest absolute Gasteiger partial charge is 0.481 e. The number of carboxylic acids is 2. The number of carboxylic acid groups (broad SMARTS) is 2. The molecule has 0 spiro atoms. The lowest BCUT2D eigenvalue weighted by molar-refractivity contribution is -0.167. The van der Waals surface area contributed by atoms with E-state index in [0.29, 0.717) is 10.8 Å². The molecule has 37 heavy (non-hydrogen) atoms. The second-order valence-electron chi connectivity index (χ2n) is 9.91. The van der Waals surface area contributed by atoms with E-state index in [9.17, 15) is 53.6 Å². The summed E-state index contributed by atoms with van der Waals surface area (Å²) in [5.41, 5.74) is -8.49. The number of aromatic nitrogens is 2. The van der Waals surface area contributed by atoms with Crippen LogP contribution < -0.4 is 11.2 Å². The third-order valence-electron chi connectivity index (χ3n) is 7.30. The van der Waals surface area contributed by atoms with Crippen molar-refractivity contribution in [2.75, 3.05) is 0 Å². The summed E-state index contributed by atoms with van der Waals surface area (Å²) in [4.78, 5) is 74.9. The molecular weight excluding hydrogens is 499 g/mol. The van der Waals surface area contributed by atoms with Crippen LogP contribution in [-0.4, -0.2) is 71.3 Å². The summed E-state index contributed by atoms with van der Waals surface area (Å²) in [7, 11) is 0. The van der Waals surface area contributed by atoms with Gasteiger partial charge in [0.25, 0.3) is 5.56 Å². The van der Waals surface area contributed by atoms with Crippen LogP contribution in [0, 0.1) is 16.6 Å². The summed E-state index contributed by atoms with van der Waals surface area (Å²) in [6.45, 7) is 5.51. The first kappa shape index (κ1) is 30.0. The lowest BCUT2D eigenvalue weighted by Gasteiger charge is -2.33. The Labute approximate surface area is 209 Å². The summed E-state index contributed by atoms with van der Waals surface area (Å²) in [5.74, 6) is -6.31. The Morgan fingerprint density at radius 1 is 1.14 bits per heavy atom. The third kappa shape index (κ3) is 5.70. The fourth-order valence-corrected chi connectivity index (χ4v) is 4.03. The number of nitrogens with one attached hydrogen (secondary N) is 1. The van der Waals surface area contributed by atoms with Crippen LogP contribution in [0.15, 0.2) is 15.8 Å². The van der Waals surface area contributed by atoms with Gasteiger partial charge in [0.1, 0.15) is 18.4 Å². The predicted octanol–water partition coefficient (Wildman–Crippen LogP) is -0.0246. The van der Waals surface area contributed by atoms with Gasteiger partial charge < -0.3 is 25.2 Å². The van der Waals surface area contributed by atoms with E-state index in [0.717, 1.165) is 0 Å². The molecule has 0 radical (unpaired) electrons. The highest BCUT2D eigenvalue weighted by Gasteiger charge is 2.58. The minimum atomic E-state index is -2.73. The maximum Gasteiger partial charge on any atom is 0.330 e. The van der Waals surface area contributed by atoms with Gasteiger partial charge in [-0.1, -0.05) is 13.8 Å². The van der Waals surface area contributed by atoms with Crippen molar-refractivity contribution in [3.63, 3.8) is 0 Å². The molecule has 6 atom stereocenters. The molecule has 13 nitrogen and oxygen atoms in total. The molecule has 0 saturated carbocycles. The zero-order valence-corrected chi connectivity index (χ0v) is 20.8. The lowest BCUT2D eigenvalue weighted by Crippen LogP contribution is -2.55. The number of hydrogen-bond acceptors (Lipinski definition) is 9. The summed E-state index contributed by atoms with van der Waals surface area (Å²) >= 11 is 0. The van der Waals surface area contributed by atoms with E-state index >= 15 is 0 Å². The lowest BCUT2D eigenvalue weighted by atomic mass is 9.74. The van der Waals surface area contributed by atoms with Crippen molar-refractivity contribution in [3.05, 3.63) is 32.9 Å². The van der Waals surface area contributed by atoms with Gasteiger partial charge in [-0.15, -0.1) is 0 Å². The Bertz CT molecular complexity index is 1210. The van der Waals surface area contributed by atoms with Crippen LogP contribution in [0.2, 0.25) is 0 Å². The molecule has 1 fully saturated rings. The molecule has 2 heterocycles. The summed E-state index contributed by atoms with van der Waals surface area (Å²) < 4.78 is 19.9. The number of H-pyrrole nitrogens is 1. The molecule has 206 valence electrons. The number of aliphatic hydroxyl groups is 2. The number of carbonyl (C=O) groups excluding carboxylic acids is 2. The zero-order valence-electron chi connectivity index (χ0n) is 20.8. The molecule has 1 saturated heterocycles. The number of aromatic amines is 1. The Hall–Kier alpha value is -3.23. The highest BCUT2D eigenvalue weighted by atomic mass is 19.1. The van der Waals surface area contributed by atoms with E-state index in [1.165, 1.54) is 27.7 Å². The number of carbonyl (C=O) groups is 4. The van der Waals surface area contributed by atoms with Crippen LogP contribution in [0.4, 0.5) is 4.39 Å². The van der Waals surface area contributed by atoms with Gasteiger partial charge in [0.2, 0.25) is 5.82 Å². The van der Waals surface area contributed by atoms with Crippen LogP contribution in [0.5, 0.6) is 0 Å². The number of halogens is 1. The zero-order chi connectivity index (χ0) is 28.5. The normalized spacial score (nSPS) is 25.6. The number of ether oxygens (including phenoxy) is 1. The van der Waals surface area contributed by atoms with E-state index < -0.39 is 94.7 Å². The molecule has 0 aliphatic carbocycles. The number of nitrogens with zero attached hydrogens (tertiary/aromatic N) is 1. The Kier molecular flexibility index (Phi) is 8.62. The van der Waals surface area contributed by atoms with Crippen LogP contribution in [0.3, 0.4) is 0 Å². The standard InChI is InChI=1S/C23H31FN2O11/c1-5-21(3,18(31)32)7-12(27)15(29)16-23(36,13(28)8-22(4,6-2)19(33)34)9-14(37-16)26-10-11(24)17(30)25-20(26)35/h10,14-16,29,36H,5-9H2,1-4H3,(H,31,32)(H,33,34)(H,25,30,35)/t14-,15?,16-,21?,22?,23-/m1/s1. The van der Waals surface area contributed by atoms with Gasteiger partial charge in [-0.3, -0.25) is 33.5 Å². The van der Waals surface area contributed by atoms with Crippen LogP contribution >= 0.6 is 0 Å². The Morgan fingerprint density at radius 2 is 1.65 bits per heavy atom. The van der Waals surface area contributed by atoms with E-state index in [2.05, 4.69) is 0 Å². The Morgan fingerprint density at radius 3 is 2.14 bits per heavy atom. The van der Waals surface area contributed by atoms with Crippen molar-refractivity contribution in [1.82, 2.24) is 9.55 Å². The van der Waals surface area contributed by atoms with Gasteiger partial charge in [-0.25, -0.2) is 4.79 Å². The Balaban J connectivity index is 2.54. The number of rotatable bonds is 12. The molecule has 14 heteroatoms. The van der Waals surface area contributed by atoms with Gasteiger partial charge >= 0.3 is 17.6 Å². The van der Waals surface area contributed by atoms with Crippen molar-refractivity contribution >= 4 is 23.5 Å². The van der Waals surface area contributed by atoms with E-state index in [-0.39, 0.29) is 12.8 Å². The van der Waals surface area contributed by atoms with Crippen molar-refractivity contribution in [3.8, 4) is 0 Å². The maximum atomic E-state index is 13.9. The number of Topliss-reactive ketones (excluding diaryl/α,β-unsaturated/α-hetero) is 2. The van der Waals surface area contributed by atoms with Crippen molar-refractivity contribution in [1.29, 1.82) is 0 Å². The van der Waals surface area contributed by atoms with E-state index in [1.54, 1.807) is 4.98 Å². The molecule has 0 aromatic carbocycles. The van der Waals surface area contributed by atoms with E-state index in [4.69, 9.17) is 4.74 Å².